The van der Waals surface area contributed by atoms with E-state index in [9.17, 15) is 4.79 Å². The molecule has 2 aliphatic rings. The molecular weight excluding hydrogens is 236 g/mol. The Morgan fingerprint density at radius 1 is 1.11 bits per heavy atom. The van der Waals surface area contributed by atoms with Crippen molar-refractivity contribution in [1.82, 2.24) is 0 Å². The van der Waals surface area contributed by atoms with E-state index in [1.54, 1.807) is 0 Å². The molecule has 0 N–H and O–H groups in total. The Morgan fingerprint density at radius 3 is 2.26 bits per heavy atom. The van der Waals surface area contributed by atoms with E-state index in [-0.39, 0.29) is 11.5 Å². The maximum atomic E-state index is 12.5. The molecule has 0 spiro atoms. The fourth-order valence-corrected chi connectivity index (χ4v) is 3.01. The van der Waals surface area contributed by atoms with Crippen molar-refractivity contribution in [3.05, 3.63) is 0 Å². The molecule has 1 unspecified atom stereocenters. The predicted octanol–water partition coefficient (Wildman–Crippen LogP) is 4.37. The number of carbonyl (C=O) groups excluding carboxylic acids is 1. The number of hydrogen-bond acceptors (Lipinski definition) is 2. The molecule has 2 aliphatic carbocycles. The summed E-state index contributed by atoms with van der Waals surface area (Å²) in [6.07, 6.45) is 9.37. The molecule has 2 nitrogen and oxygen atoms in total. The lowest BCUT2D eigenvalue weighted by molar-refractivity contribution is -0.133. The minimum atomic E-state index is -0.122. The smallest absolute Gasteiger partial charge is 0.162 e. The third-order valence-electron chi connectivity index (χ3n) is 4.32. The second-order valence-electron chi connectivity index (χ2n) is 7.86. The van der Waals surface area contributed by atoms with Crippen LogP contribution in [-0.2, 0) is 9.53 Å². The van der Waals surface area contributed by atoms with Gasteiger partial charge in [-0.1, -0.05) is 46.5 Å². The Morgan fingerprint density at radius 2 is 1.74 bits per heavy atom. The molecule has 0 amide bonds. The molecule has 0 radical (unpaired) electrons. The number of hydrogen-bond donors (Lipinski definition) is 0. The van der Waals surface area contributed by atoms with Crippen molar-refractivity contribution in [3.63, 3.8) is 0 Å². The lowest BCUT2D eigenvalue weighted by Gasteiger charge is -2.24. The molecule has 0 aromatic heterocycles. The van der Waals surface area contributed by atoms with Gasteiger partial charge in [0, 0.05) is 6.42 Å². The maximum absolute atomic E-state index is 12.5. The highest BCUT2D eigenvalue weighted by molar-refractivity contribution is 5.83. The molecule has 0 saturated heterocycles. The second-order valence-corrected chi connectivity index (χ2v) is 7.86. The van der Waals surface area contributed by atoms with Crippen molar-refractivity contribution in [2.24, 2.45) is 17.3 Å². The summed E-state index contributed by atoms with van der Waals surface area (Å²) < 4.78 is 5.99. The van der Waals surface area contributed by atoms with Gasteiger partial charge >= 0.3 is 0 Å². The van der Waals surface area contributed by atoms with E-state index in [1.165, 1.54) is 38.5 Å². The van der Waals surface area contributed by atoms with Crippen LogP contribution in [0, 0.1) is 17.3 Å². The van der Waals surface area contributed by atoms with Crippen LogP contribution in [0.1, 0.15) is 72.1 Å². The van der Waals surface area contributed by atoms with Crippen molar-refractivity contribution in [2.75, 3.05) is 6.61 Å². The second kappa shape index (κ2) is 6.39. The van der Waals surface area contributed by atoms with Gasteiger partial charge in [-0.2, -0.15) is 0 Å². The van der Waals surface area contributed by atoms with Gasteiger partial charge in [0.1, 0.15) is 6.10 Å². The van der Waals surface area contributed by atoms with Gasteiger partial charge in [-0.05, 0) is 36.5 Å². The zero-order chi connectivity index (χ0) is 13.9. The number of carbonyl (C=O) groups is 1. The largest absolute Gasteiger partial charge is 0.370 e. The number of ketones is 1. The maximum Gasteiger partial charge on any atom is 0.162 e. The van der Waals surface area contributed by atoms with E-state index in [2.05, 4.69) is 20.8 Å². The Kier molecular flexibility index (Phi) is 5.05. The third kappa shape index (κ3) is 5.64. The van der Waals surface area contributed by atoms with Crippen molar-refractivity contribution < 1.29 is 9.53 Å². The van der Waals surface area contributed by atoms with Crippen molar-refractivity contribution in [2.45, 2.75) is 78.2 Å². The summed E-state index contributed by atoms with van der Waals surface area (Å²) >= 11 is 0. The molecule has 2 saturated carbocycles. The van der Waals surface area contributed by atoms with Gasteiger partial charge in [0.15, 0.2) is 5.78 Å². The molecule has 2 heteroatoms. The first-order chi connectivity index (χ1) is 8.94. The summed E-state index contributed by atoms with van der Waals surface area (Å²) in [6, 6.07) is 0. The van der Waals surface area contributed by atoms with Gasteiger partial charge in [-0.25, -0.2) is 0 Å². The quantitative estimate of drug-likeness (QED) is 0.684. The molecule has 0 heterocycles. The molecule has 19 heavy (non-hydrogen) atoms. The minimum absolute atomic E-state index is 0.0773. The number of ether oxygens (including phenoxy) is 1. The minimum Gasteiger partial charge on any atom is -0.370 e. The first kappa shape index (κ1) is 15.0. The highest BCUT2D eigenvalue weighted by Gasteiger charge is 2.30. The molecule has 0 bridgehead atoms. The Hall–Kier alpha value is -0.370. The molecule has 110 valence electrons. The summed E-state index contributed by atoms with van der Waals surface area (Å²) in [5.74, 6) is 1.81. The number of Topliss-reactive ketones (excluding diaryl/α,β-unsaturated/α-hetero) is 1. The fraction of sp³-hybridized carbons (Fsp3) is 0.941. The van der Waals surface area contributed by atoms with Crippen LogP contribution in [0.25, 0.3) is 0 Å². The molecule has 2 fully saturated rings. The molecule has 0 aromatic rings. The molecule has 1 atom stereocenters. The molecule has 0 aliphatic heterocycles. The topological polar surface area (TPSA) is 26.3 Å². The Balaban J connectivity index is 1.85. The van der Waals surface area contributed by atoms with Crippen LogP contribution in [0.4, 0.5) is 0 Å². The van der Waals surface area contributed by atoms with E-state index in [0.717, 1.165) is 24.9 Å². The van der Waals surface area contributed by atoms with Crippen LogP contribution in [0.5, 0.6) is 0 Å². The van der Waals surface area contributed by atoms with Gasteiger partial charge in [0.25, 0.3) is 0 Å². The predicted molar refractivity (Wildman–Crippen MR) is 78.1 cm³/mol. The van der Waals surface area contributed by atoms with Crippen LogP contribution >= 0.6 is 0 Å². The van der Waals surface area contributed by atoms with Crippen LogP contribution < -0.4 is 0 Å². The third-order valence-corrected chi connectivity index (χ3v) is 4.32. The van der Waals surface area contributed by atoms with E-state index >= 15 is 0 Å². The van der Waals surface area contributed by atoms with E-state index in [0.29, 0.717) is 12.2 Å². The van der Waals surface area contributed by atoms with Gasteiger partial charge in [-0.3, -0.25) is 4.79 Å². The highest BCUT2D eigenvalue weighted by Crippen LogP contribution is 2.33. The van der Waals surface area contributed by atoms with Crippen LogP contribution in [0.3, 0.4) is 0 Å². The Bertz CT molecular complexity index is 293. The normalized spacial score (nSPS) is 22.7. The van der Waals surface area contributed by atoms with Crippen molar-refractivity contribution in [3.8, 4) is 0 Å². The molecular formula is C17H30O2. The van der Waals surface area contributed by atoms with Gasteiger partial charge in [-0.15, -0.1) is 0 Å². The van der Waals surface area contributed by atoms with E-state index in [1.807, 2.05) is 0 Å². The summed E-state index contributed by atoms with van der Waals surface area (Å²) in [7, 11) is 0. The Labute approximate surface area is 118 Å². The fourth-order valence-electron chi connectivity index (χ4n) is 3.01. The lowest BCUT2D eigenvalue weighted by Crippen LogP contribution is -2.30. The van der Waals surface area contributed by atoms with Crippen LogP contribution in [-0.4, -0.2) is 18.5 Å². The summed E-state index contributed by atoms with van der Waals surface area (Å²) in [6.45, 7) is 7.22. The number of rotatable bonds is 7. The monoisotopic (exact) mass is 266 g/mol. The SMILES string of the molecule is CC(C)(C)CC(=O)C(CC1CCCC1)OCC1CC1. The van der Waals surface area contributed by atoms with Gasteiger partial charge < -0.3 is 4.74 Å². The highest BCUT2D eigenvalue weighted by atomic mass is 16.5. The molecule has 2 rings (SSSR count). The average Bonchev–Trinajstić information content (AvgIpc) is 2.98. The van der Waals surface area contributed by atoms with E-state index < -0.39 is 0 Å². The molecule has 0 aromatic carbocycles. The summed E-state index contributed by atoms with van der Waals surface area (Å²) in [5, 5.41) is 0. The zero-order valence-corrected chi connectivity index (χ0v) is 12.9. The standard InChI is InChI=1S/C17H30O2/c1-17(2,3)11-15(18)16(19-12-14-8-9-14)10-13-6-4-5-7-13/h13-14,16H,4-12H2,1-3H3. The van der Waals surface area contributed by atoms with E-state index in [4.69, 9.17) is 4.74 Å². The summed E-state index contributed by atoms with van der Waals surface area (Å²) in [5.41, 5.74) is 0.0773. The first-order valence-electron chi connectivity index (χ1n) is 8.08. The van der Waals surface area contributed by atoms with Gasteiger partial charge in [0.05, 0.1) is 6.61 Å². The van der Waals surface area contributed by atoms with Crippen LogP contribution in [0.2, 0.25) is 0 Å². The van der Waals surface area contributed by atoms with Crippen molar-refractivity contribution >= 4 is 5.78 Å². The van der Waals surface area contributed by atoms with Gasteiger partial charge in [0.2, 0.25) is 0 Å². The zero-order valence-electron chi connectivity index (χ0n) is 12.9. The average molecular weight is 266 g/mol. The van der Waals surface area contributed by atoms with Crippen molar-refractivity contribution in [1.29, 1.82) is 0 Å². The summed E-state index contributed by atoms with van der Waals surface area (Å²) in [4.78, 5) is 12.5. The first-order valence-corrected chi connectivity index (χ1v) is 8.08. The van der Waals surface area contributed by atoms with Crippen LogP contribution in [0.15, 0.2) is 0 Å². The lowest BCUT2D eigenvalue weighted by atomic mass is 9.86.